The van der Waals surface area contributed by atoms with E-state index in [1.807, 2.05) is 93.0 Å². The number of amidine groups is 4. The van der Waals surface area contributed by atoms with E-state index in [-0.39, 0.29) is 0 Å². The number of hydrogen-bond acceptors (Lipinski definition) is 2. The first-order valence-electron chi connectivity index (χ1n) is 24.4. The van der Waals surface area contributed by atoms with E-state index in [1.54, 1.807) is 0 Å². The van der Waals surface area contributed by atoms with Gasteiger partial charge in [0.25, 0.3) is 0 Å². The number of rotatable bonds is 14. The third-order valence-electron chi connectivity index (χ3n) is 12.8. The number of fused-ring (bicyclic) bond motifs is 7. The number of likely N-dealkylation sites (N-methyl/N-ethyl adjacent to an activating group) is 1. The van der Waals surface area contributed by atoms with Crippen LogP contribution in [0.2, 0.25) is 0 Å². The van der Waals surface area contributed by atoms with E-state index in [1.165, 1.54) is 27.1 Å². The number of hydrogen-bond donors (Lipinski definition) is 2. The number of nitrogens with one attached hydrogen (secondary N) is 2. The monoisotopic (exact) mass is 936 g/mol. The number of benzene rings is 8. The van der Waals surface area contributed by atoms with Crippen molar-refractivity contribution in [3.05, 3.63) is 271 Å². The van der Waals surface area contributed by atoms with Crippen molar-refractivity contribution in [1.82, 2.24) is 19.8 Å². The normalized spacial score (nSPS) is 12.9. The average molecular weight is 937 g/mol. The maximum Gasteiger partial charge on any atom is 0.157 e. The van der Waals surface area contributed by atoms with Crippen molar-refractivity contribution in [3.63, 3.8) is 0 Å². The van der Waals surface area contributed by atoms with E-state index in [0.29, 0.717) is 31.3 Å². The van der Waals surface area contributed by atoms with Crippen molar-refractivity contribution in [1.29, 1.82) is 0 Å². The Bertz CT molecular complexity index is 3710. The zero-order valence-corrected chi connectivity index (χ0v) is 40.7. The van der Waals surface area contributed by atoms with E-state index in [0.717, 1.165) is 73.7 Å². The molecule has 352 valence electrons. The van der Waals surface area contributed by atoms with Crippen LogP contribution in [0.1, 0.15) is 34.2 Å². The average Bonchev–Trinajstić information content (AvgIpc) is 3.95. The van der Waals surface area contributed by atoms with E-state index >= 15 is 0 Å². The predicted molar refractivity (Wildman–Crippen MR) is 304 cm³/mol. The summed E-state index contributed by atoms with van der Waals surface area (Å²) in [7, 11) is 3.83. The number of aliphatic imine (C=N–C) groups is 4. The Morgan fingerprint density at radius 2 is 1.11 bits per heavy atom. The van der Waals surface area contributed by atoms with Gasteiger partial charge in [-0.15, -0.1) is 6.58 Å². The van der Waals surface area contributed by atoms with Gasteiger partial charge in [-0.2, -0.15) is 0 Å². The van der Waals surface area contributed by atoms with E-state index in [2.05, 4.69) is 178 Å². The Balaban J connectivity index is 1.13. The minimum Gasteiger partial charge on any atom is -0.373 e. The zero-order chi connectivity index (χ0) is 49.1. The zero-order valence-electron chi connectivity index (χ0n) is 40.7. The largest absolute Gasteiger partial charge is 0.373 e. The molecule has 0 bridgehead atoms. The number of para-hydroxylation sites is 2. The third-order valence-corrected chi connectivity index (χ3v) is 12.8. The fraction of sp³-hybridized carbons (Fsp3) is 0.0938. The van der Waals surface area contributed by atoms with Gasteiger partial charge in [-0.3, -0.25) is 9.98 Å². The summed E-state index contributed by atoms with van der Waals surface area (Å²) in [5.41, 5.74) is 11.6. The van der Waals surface area contributed by atoms with E-state index in [4.69, 9.17) is 20.0 Å². The van der Waals surface area contributed by atoms with Crippen molar-refractivity contribution in [2.24, 2.45) is 20.0 Å². The van der Waals surface area contributed by atoms with Gasteiger partial charge in [0.15, 0.2) is 11.7 Å². The van der Waals surface area contributed by atoms with Crippen LogP contribution in [-0.4, -0.2) is 46.6 Å². The molecule has 0 spiro atoms. The molecule has 2 heterocycles. The highest BCUT2D eigenvalue weighted by Crippen LogP contribution is 2.41. The summed E-state index contributed by atoms with van der Waals surface area (Å²) < 4.78 is 4.84. The van der Waals surface area contributed by atoms with Crippen molar-refractivity contribution in [2.45, 2.75) is 26.1 Å². The second kappa shape index (κ2) is 22.1. The lowest BCUT2D eigenvalue weighted by molar-refractivity contribution is 0.898. The predicted octanol–water partition coefficient (Wildman–Crippen LogP) is 13.8. The SMILES string of the molecule is C=CC/C=C\C(=C/Cn1c2ccccc2c2ccc3c(c4ccccc4n3-c3cccc(C(=NCc4ccccc4)N=C(NC)c4ccccc4)c3)c21)C(=NC(=NCc1ccccc1)c1ccccc1)NC. The van der Waals surface area contributed by atoms with Crippen molar-refractivity contribution in [3.8, 4) is 5.69 Å². The molecule has 0 saturated heterocycles. The Morgan fingerprint density at radius 1 is 0.528 bits per heavy atom. The standard InChI is InChI=1S/C64H56N8/c1-4-5-10-28-50(62(66-3)69-63(49-31-17-9-18-32-49)67-44-46-24-11-6-12-25-46)41-42-71-56-37-21-19-35-53(56)54-39-40-58-59(60(54)71)55-36-20-22-38-57(55)72(58)52-34-23-33-51(43-52)64(68-45-47-26-13-7-14-27-47)70-61(65-2)48-29-15-8-16-30-48/h4,6-41,43H,1,5,42,44-45H2,2-3H3,(H,65,68,70)(H,66,67,69)/b28-10-,50-41+. The summed E-state index contributed by atoms with van der Waals surface area (Å²) in [6, 6.07) is 71.7. The Kier molecular flexibility index (Phi) is 14.3. The van der Waals surface area contributed by atoms with Crippen LogP contribution in [0.5, 0.6) is 0 Å². The van der Waals surface area contributed by atoms with E-state index < -0.39 is 0 Å². The Morgan fingerprint density at radius 3 is 1.76 bits per heavy atom. The molecular weight excluding hydrogens is 881 g/mol. The number of nitrogens with zero attached hydrogens (tertiary/aromatic N) is 6. The first kappa shape index (κ1) is 46.6. The van der Waals surface area contributed by atoms with Gasteiger partial charge >= 0.3 is 0 Å². The molecule has 8 nitrogen and oxygen atoms in total. The lowest BCUT2D eigenvalue weighted by atomic mass is 10.1. The maximum atomic E-state index is 5.27. The second-order valence-corrected chi connectivity index (χ2v) is 17.4. The third kappa shape index (κ3) is 9.97. The molecule has 72 heavy (non-hydrogen) atoms. The quantitative estimate of drug-likeness (QED) is 0.0493. The summed E-state index contributed by atoms with van der Waals surface area (Å²) >= 11 is 0. The molecule has 0 aliphatic carbocycles. The molecule has 0 fully saturated rings. The molecule has 0 radical (unpaired) electrons. The fourth-order valence-electron chi connectivity index (χ4n) is 9.38. The molecule has 8 aromatic carbocycles. The summed E-state index contributed by atoms with van der Waals surface area (Å²) in [5, 5.41) is 11.5. The molecular formula is C64H56N8. The van der Waals surface area contributed by atoms with Gasteiger partial charge in [0.2, 0.25) is 0 Å². The molecule has 2 aromatic heterocycles. The summed E-state index contributed by atoms with van der Waals surface area (Å²) in [6.45, 7) is 5.57. The van der Waals surface area contributed by atoms with E-state index in [9.17, 15) is 0 Å². The van der Waals surface area contributed by atoms with Gasteiger partial charge in [0, 0.05) is 75.7 Å². The highest BCUT2D eigenvalue weighted by Gasteiger charge is 2.21. The molecule has 0 saturated carbocycles. The molecule has 10 rings (SSSR count). The van der Waals surface area contributed by atoms with Gasteiger partial charge < -0.3 is 19.8 Å². The van der Waals surface area contributed by atoms with Crippen molar-refractivity contribution < 1.29 is 0 Å². The van der Waals surface area contributed by atoms with Crippen molar-refractivity contribution >= 4 is 67.0 Å². The maximum absolute atomic E-state index is 5.27. The smallest absolute Gasteiger partial charge is 0.157 e. The summed E-state index contributed by atoms with van der Waals surface area (Å²) in [5.74, 6) is 2.76. The first-order valence-corrected chi connectivity index (χ1v) is 24.4. The van der Waals surface area contributed by atoms with Crippen LogP contribution < -0.4 is 10.6 Å². The van der Waals surface area contributed by atoms with Crippen LogP contribution in [0.25, 0.3) is 49.3 Å². The fourth-order valence-corrected chi connectivity index (χ4v) is 9.38. The van der Waals surface area contributed by atoms with Crippen LogP contribution in [0.15, 0.2) is 263 Å². The first-order chi connectivity index (χ1) is 35.6. The minimum absolute atomic E-state index is 0.492. The van der Waals surface area contributed by atoms with Gasteiger partial charge in [-0.1, -0.05) is 200 Å². The van der Waals surface area contributed by atoms with Crippen LogP contribution in [0.4, 0.5) is 0 Å². The number of allylic oxidation sites excluding steroid dienone is 3. The second-order valence-electron chi connectivity index (χ2n) is 17.4. The van der Waals surface area contributed by atoms with Crippen LogP contribution in [0.3, 0.4) is 0 Å². The highest BCUT2D eigenvalue weighted by molar-refractivity contribution is 6.25. The molecule has 8 heteroatoms. The molecule has 0 aliphatic rings. The topological polar surface area (TPSA) is 83.4 Å². The molecule has 10 aromatic rings. The van der Waals surface area contributed by atoms with Crippen molar-refractivity contribution in [2.75, 3.05) is 14.1 Å². The molecule has 2 N–H and O–H groups in total. The lowest BCUT2D eigenvalue weighted by Crippen LogP contribution is -2.22. The Labute approximate surface area is 421 Å². The van der Waals surface area contributed by atoms with Gasteiger partial charge in [-0.05, 0) is 47.9 Å². The van der Waals surface area contributed by atoms with Crippen LogP contribution in [0, 0.1) is 0 Å². The minimum atomic E-state index is 0.492. The van der Waals surface area contributed by atoms with Gasteiger partial charge in [0.1, 0.15) is 11.7 Å². The molecule has 0 atom stereocenters. The number of aromatic nitrogens is 2. The Hall–Kier alpha value is -9.14. The molecule has 0 aliphatic heterocycles. The summed E-state index contributed by atoms with van der Waals surface area (Å²) in [6.07, 6.45) is 9.17. The molecule has 0 unspecified atom stereocenters. The lowest BCUT2D eigenvalue weighted by Gasteiger charge is -2.13. The van der Waals surface area contributed by atoms with Crippen LogP contribution in [-0.2, 0) is 19.6 Å². The van der Waals surface area contributed by atoms with Gasteiger partial charge in [0.05, 0.1) is 29.6 Å². The highest BCUT2D eigenvalue weighted by atomic mass is 15.0. The van der Waals surface area contributed by atoms with Gasteiger partial charge in [-0.25, -0.2) is 9.98 Å². The molecule has 0 amide bonds. The summed E-state index contributed by atoms with van der Waals surface area (Å²) in [4.78, 5) is 20.7. The van der Waals surface area contributed by atoms with Crippen LogP contribution >= 0.6 is 0 Å².